The Labute approximate surface area is 96.9 Å². The van der Waals surface area contributed by atoms with Gasteiger partial charge in [-0.2, -0.15) is 0 Å². The third-order valence-electron chi connectivity index (χ3n) is 2.50. The van der Waals surface area contributed by atoms with E-state index in [0.717, 1.165) is 16.5 Å². The third-order valence-corrected chi connectivity index (χ3v) is 2.96. The number of hydrogen-bond acceptors (Lipinski definition) is 2. The second-order valence-corrected chi connectivity index (χ2v) is 4.64. The van der Waals surface area contributed by atoms with Gasteiger partial charge in [-0.1, -0.05) is 15.9 Å². The Morgan fingerprint density at radius 3 is 2.93 bits per heavy atom. The number of carbonyl (C=O) groups is 1. The summed E-state index contributed by atoms with van der Waals surface area (Å²) < 4.78 is 6.15. The molecule has 2 rings (SSSR count). The highest BCUT2D eigenvalue weighted by atomic mass is 79.9. The second-order valence-electron chi connectivity index (χ2n) is 3.72. The highest BCUT2D eigenvalue weighted by Crippen LogP contribution is 2.30. The van der Waals surface area contributed by atoms with Gasteiger partial charge in [0.2, 0.25) is 0 Å². The standard InChI is InChI=1S/C11H12BrNO2/c1-6-3-7-4-8(12)5-9(15-2)10(7)11(14)13-6/h4-6H,3H2,1-2H3,(H,13,14). The molecule has 1 aliphatic heterocycles. The van der Waals surface area contributed by atoms with Crippen molar-refractivity contribution >= 4 is 21.8 Å². The fourth-order valence-corrected chi connectivity index (χ4v) is 2.38. The van der Waals surface area contributed by atoms with Crippen molar-refractivity contribution in [3.05, 3.63) is 27.7 Å². The van der Waals surface area contributed by atoms with Crippen molar-refractivity contribution in [3.63, 3.8) is 0 Å². The number of halogens is 1. The van der Waals surface area contributed by atoms with Gasteiger partial charge >= 0.3 is 0 Å². The van der Waals surface area contributed by atoms with E-state index in [9.17, 15) is 4.79 Å². The van der Waals surface area contributed by atoms with Gasteiger partial charge in [0.15, 0.2) is 0 Å². The average molecular weight is 270 g/mol. The Morgan fingerprint density at radius 2 is 2.27 bits per heavy atom. The Hall–Kier alpha value is -1.03. The van der Waals surface area contributed by atoms with E-state index in [1.54, 1.807) is 7.11 Å². The van der Waals surface area contributed by atoms with Gasteiger partial charge in [-0.3, -0.25) is 4.79 Å². The molecule has 1 aliphatic rings. The van der Waals surface area contributed by atoms with Gasteiger partial charge < -0.3 is 10.1 Å². The molecule has 1 N–H and O–H groups in total. The maximum absolute atomic E-state index is 11.8. The first-order valence-corrected chi connectivity index (χ1v) is 5.58. The third kappa shape index (κ3) is 1.86. The molecule has 0 spiro atoms. The van der Waals surface area contributed by atoms with Crippen LogP contribution in [0.2, 0.25) is 0 Å². The summed E-state index contributed by atoms with van der Waals surface area (Å²) in [5, 5.41) is 2.90. The van der Waals surface area contributed by atoms with Gasteiger partial charge in [-0.05, 0) is 31.0 Å². The normalized spacial score (nSPS) is 19.4. The van der Waals surface area contributed by atoms with Crippen LogP contribution in [0.1, 0.15) is 22.8 Å². The topological polar surface area (TPSA) is 38.3 Å². The SMILES string of the molecule is COc1cc(Br)cc2c1C(=O)NC(C)C2. The van der Waals surface area contributed by atoms with Crippen molar-refractivity contribution in [1.29, 1.82) is 0 Å². The minimum Gasteiger partial charge on any atom is -0.496 e. The number of benzene rings is 1. The molecular formula is C11H12BrNO2. The van der Waals surface area contributed by atoms with Crippen molar-refractivity contribution in [3.8, 4) is 5.75 Å². The largest absolute Gasteiger partial charge is 0.496 e. The molecule has 0 aromatic heterocycles. The number of fused-ring (bicyclic) bond motifs is 1. The van der Waals surface area contributed by atoms with E-state index < -0.39 is 0 Å². The first-order valence-electron chi connectivity index (χ1n) is 4.79. The van der Waals surface area contributed by atoms with Crippen LogP contribution in [0.3, 0.4) is 0 Å². The highest BCUT2D eigenvalue weighted by Gasteiger charge is 2.25. The number of methoxy groups -OCH3 is 1. The number of hydrogen-bond donors (Lipinski definition) is 1. The summed E-state index contributed by atoms with van der Waals surface area (Å²) >= 11 is 3.41. The summed E-state index contributed by atoms with van der Waals surface area (Å²) in [6.07, 6.45) is 0.844. The minimum atomic E-state index is -0.0481. The molecule has 0 saturated carbocycles. The first-order chi connectivity index (χ1) is 7.11. The minimum absolute atomic E-state index is 0.0481. The zero-order chi connectivity index (χ0) is 11.0. The lowest BCUT2D eigenvalue weighted by atomic mass is 9.95. The van der Waals surface area contributed by atoms with Gasteiger partial charge in [0.05, 0.1) is 12.7 Å². The highest BCUT2D eigenvalue weighted by molar-refractivity contribution is 9.10. The maximum atomic E-state index is 11.8. The zero-order valence-corrected chi connectivity index (χ0v) is 10.2. The van der Waals surface area contributed by atoms with Gasteiger partial charge in [0.25, 0.3) is 5.91 Å². The molecule has 0 bridgehead atoms. The Bertz CT molecular complexity index is 417. The lowest BCUT2D eigenvalue weighted by Crippen LogP contribution is -2.39. The molecule has 0 aliphatic carbocycles. The van der Waals surface area contributed by atoms with Crippen LogP contribution in [-0.4, -0.2) is 19.1 Å². The predicted molar refractivity (Wildman–Crippen MR) is 61.3 cm³/mol. The average Bonchev–Trinajstić information content (AvgIpc) is 2.14. The molecule has 1 atom stereocenters. The smallest absolute Gasteiger partial charge is 0.255 e. The van der Waals surface area contributed by atoms with Crippen molar-refractivity contribution < 1.29 is 9.53 Å². The number of rotatable bonds is 1. The van der Waals surface area contributed by atoms with Crippen LogP contribution in [0.25, 0.3) is 0 Å². The fraction of sp³-hybridized carbons (Fsp3) is 0.364. The molecule has 80 valence electrons. The van der Waals surface area contributed by atoms with Crippen LogP contribution in [0.5, 0.6) is 5.75 Å². The summed E-state index contributed by atoms with van der Waals surface area (Å²) in [4.78, 5) is 11.8. The predicted octanol–water partition coefficient (Wildman–Crippen LogP) is 2.13. The summed E-state index contributed by atoms with van der Waals surface area (Å²) in [6, 6.07) is 3.98. The molecule has 15 heavy (non-hydrogen) atoms. The Kier molecular flexibility index (Phi) is 2.69. The number of carbonyl (C=O) groups excluding carboxylic acids is 1. The van der Waals surface area contributed by atoms with Crippen molar-refractivity contribution in [1.82, 2.24) is 5.32 Å². The summed E-state index contributed by atoms with van der Waals surface area (Å²) in [5.74, 6) is 0.580. The number of amides is 1. The van der Waals surface area contributed by atoms with Gasteiger partial charge in [0, 0.05) is 10.5 Å². The molecule has 1 heterocycles. The zero-order valence-electron chi connectivity index (χ0n) is 8.63. The van der Waals surface area contributed by atoms with E-state index in [1.807, 2.05) is 19.1 Å². The molecule has 1 amide bonds. The molecule has 1 unspecified atom stereocenters. The molecule has 1 aromatic carbocycles. The van der Waals surface area contributed by atoms with Crippen LogP contribution in [0.4, 0.5) is 0 Å². The second kappa shape index (κ2) is 3.85. The van der Waals surface area contributed by atoms with Gasteiger partial charge in [-0.15, -0.1) is 0 Å². The van der Waals surface area contributed by atoms with Crippen LogP contribution < -0.4 is 10.1 Å². The maximum Gasteiger partial charge on any atom is 0.255 e. The van der Waals surface area contributed by atoms with E-state index in [-0.39, 0.29) is 11.9 Å². The molecule has 3 nitrogen and oxygen atoms in total. The summed E-state index contributed by atoms with van der Waals surface area (Å²) in [5.41, 5.74) is 1.70. The van der Waals surface area contributed by atoms with Crippen LogP contribution >= 0.6 is 15.9 Å². The lowest BCUT2D eigenvalue weighted by Gasteiger charge is -2.24. The molecular weight excluding hydrogens is 258 g/mol. The Balaban J connectivity index is 2.58. The van der Waals surface area contributed by atoms with Gasteiger partial charge in [0.1, 0.15) is 5.75 Å². The van der Waals surface area contributed by atoms with E-state index in [1.165, 1.54) is 0 Å². The first kappa shape index (κ1) is 10.5. The van der Waals surface area contributed by atoms with Crippen molar-refractivity contribution in [2.45, 2.75) is 19.4 Å². The van der Waals surface area contributed by atoms with Crippen molar-refractivity contribution in [2.75, 3.05) is 7.11 Å². The summed E-state index contributed by atoms with van der Waals surface area (Å²) in [6.45, 7) is 1.99. The van der Waals surface area contributed by atoms with Crippen molar-refractivity contribution in [2.24, 2.45) is 0 Å². The number of ether oxygens (including phenoxy) is 1. The Morgan fingerprint density at radius 1 is 1.53 bits per heavy atom. The van der Waals surface area contributed by atoms with E-state index in [2.05, 4.69) is 21.2 Å². The molecule has 0 fully saturated rings. The quantitative estimate of drug-likeness (QED) is 0.849. The molecule has 4 heteroatoms. The van der Waals surface area contributed by atoms with Crippen LogP contribution in [0, 0.1) is 0 Å². The molecule has 0 radical (unpaired) electrons. The van der Waals surface area contributed by atoms with Crippen LogP contribution in [-0.2, 0) is 6.42 Å². The fourth-order valence-electron chi connectivity index (χ4n) is 1.89. The molecule has 0 saturated heterocycles. The number of nitrogens with one attached hydrogen (secondary N) is 1. The van der Waals surface area contributed by atoms with Gasteiger partial charge in [-0.25, -0.2) is 0 Å². The van der Waals surface area contributed by atoms with E-state index >= 15 is 0 Å². The van der Waals surface area contributed by atoms with E-state index in [0.29, 0.717) is 11.3 Å². The monoisotopic (exact) mass is 269 g/mol. The summed E-state index contributed by atoms with van der Waals surface area (Å²) in [7, 11) is 1.58. The van der Waals surface area contributed by atoms with Crippen LogP contribution in [0.15, 0.2) is 16.6 Å². The van der Waals surface area contributed by atoms with E-state index in [4.69, 9.17) is 4.74 Å². The molecule has 1 aromatic rings. The lowest BCUT2D eigenvalue weighted by molar-refractivity contribution is 0.0926.